The first-order valence-corrected chi connectivity index (χ1v) is 7.57. The van der Waals surface area contributed by atoms with Gasteiger partial charge in [0.2, 0.25) is 5.95 Å². The maximum Gasteiger partial charge on any atom is 0.314 e. The van der Waals surface area contributed by atoms with E-state index in [1.165, 1.54) is 10.7 Å². The second-order valence-electron chi connectivity index (χ2n) is 5.53. The predicted octanol–water partition coefficient (Wildman–Crippen LogP) is 0.426. The molecule has 3 N–H and O–H groups in total. The van der Waals surface area contributed by atoms with Crippen molar-refractivity contribution in [2.45, 2.75) is 40.2 Å². The van der Waals surface area contributed by atoms with Gasteiger partial charge in [0.1, 0.15) is 5.82 Å². The van der Waals surface area contributed by atoms with Gasteiger partial charge in [-0.15, -0.1) is 0 Å². The average molecular weight is 332 g/mol. The van der Waals surface area contributed by atoms with Crippen LogP contribution >= 0.6 is 0 Å². The molecule has 0 aromatic carbocycles. The van der Waals surface area contributed by atoms with Crippen molar-refractivity contribution < 1.29 is 9.59 Å². The van der Waals surface area contributed by atoms with Crippen LogP contribution < -0.4 is 16.2 Å². The Balaban J connectivity index is 2.27. The number of hydrogen-bond acceptors (Lipinski definition) is 5. The summed E-state index contributed by atoms with van der Waals surface area (Å²) in [5.74, 6) is -1.15. The molecule has 2 aromatic rings. The number of aryl methyl sites for hydroxylation is 2. The van der Waals surface area contributed by atoms with Gasteiger partial charge < -0.3 is 10.6 Å². The molecule has 24 heavy (non-hydrogen) atoms. The normalized spacial score (nSPS) is 11.8. The van der Waals surface area contributed by atoms with Gasteiger partial charge in [-0.25, -0.2) is 4.98 Å². The monoisotopic (exact) mass is 332 g/mol. The van der Waals surface area contributed by atoms with Crippen LogP contribution in [-0.4, -0.2) is 37.6 Å². The van der Waals surface area contributed by atoms with E-state index in [-0.39, 0.29) is 23.4 Å². The van der Waals surface area contributed by atoms with Gasteiger partial charge in [-0.2, -0.15) is 9.78 Å². The molecule has 0 bridgehead atoms. The lowest BCUT2D eigenvalue weighted by atomic mass is 10.2. The summed E-state index contributed by atoms with van der Waals surface area (Å²) in [4.78, 5) is 42.2. The number of carbonyl (C=O) groups excluding carboxylic acids is 2. The highest BCUT2D eigenvalue weighted by molar-refractivity contribution is 6.39. The van der Waals surface area contributed by atoms with E-state index in [4.69, 9.17) is 0 Å². The SMILES string of the molecule is CC[C@@H](C)NC(=O)C(=O)Nc1cc(C)nn1-c1nc(C)cc(=O)[nH]1. The molecular formula is C15H20N6O3. The number of aromatic nitrogens is 4. The molecule has 0 fully saturated rings. The molecule has 0 aliphatic carbocycles. The largest absolute Gasteiger partial charge is 0.345 e. The highest BCUT2D eigenvalue weighted by atomic mass is 16.2. The van der Waals surface area contributed by atoms with Gasteiger partial charge in [0.15, 0.2) is 0 Å². The number of aromatic amines is 1. The minimum absolute atomic E-state index is 0.107. The number of nitrogens with one attached hydrogen (secondary N) is 3. The summed E-state index contributed by atoms with van der Waals surface area (Å²) in [5, 5.41) is 9.26. The molecule has 0 aliphatic heterocycles. The molecule has 128 valence electrons. The van der Waals surface area contributed by atoms with Gasteiger partial charge in [0.25, 0.3) is 5.56 Å². The molecule has 2 heterocycles. The molecule has 0 aliphatic rings. The molecule has 0 spiro atoms. The Bertz CT molecular complexity index is 823. The molecule has 0 unspecified atom stereocenters. The zero-order chi connectivity index (χ0) is 17.9. The summed E-state index contributed by atoms with van der Waals surface area (Å²) >= 11 is 0. The quantitative estimate of drug-likeness (QED) is 0.701. The number of rotatable bonds is 4. The maximum atomic E-state index is 12.0. The summed E-state index contributed by atoms with van der Waals surface area (Å²) < 4.78 is 1.28. The minimum Gasteiger partial charge on any atom is -0.345 e. The van der Waals surface area contributed by atoms with E-state index in [2.05, 4.69) is 25.7 Å². The number of amides is 2. The molecule has 0 saturated carbocycles. The first-order chi connectivity index (χ1) is 11.3. The summed E-state index contributed by atoms with van der Waals surface area (Å²) in [5.41, 5.74) is 0.767. The van der Waals surface area contributed by atoms with Gasteiger partial charge in [-0.1, -0.05) is 6.92 Å². The molecule has 1 atom stereocenters. The second-order valence-corrected chi connectivity index (χ2v) is 5.53. The van der Waals surface area contributed by atoms with E-state index >= 15 is 0 Å². The van der Waals surface area contributed by atoms with Gasteiger partial charge in [-0.05, 0) is 27.2 Å². The Labute approximate surface area is 138 Å². The number of anilines is 1. The summed E-state index contributed by atoms with van der Waals surface area (Å²) in [6.07, 6.45) is 0.713. The Kier molecular flexibility index (Phi) is 5.12. The average Bonchev–Trinajstić information content (AvgIpc) is 2.86. The van der Waals surface area contributed by atoms with Crippen molar-refractivity contribution in [1.29, 1.82) is 0 Å². The molecule has 0 saturated heterocycles. The second kappa shape index (κ2) is 7.07. The smallest absolute Gasteiger partial charge is 0.314 e. The van der Waals surface area contributed by atoms with Crippen LogP contribution in [-0.2, 0) is 9.59 Å². The Hall–Kier alpha value is -2.97. The molecule has 2 aromatic heterocycles. The van der Waals surface area contributed by atoms with E-state index in [1.807, 2.05) is 6.92 Å². The van der Waals surface area contributed by atoms with Crippen LogP contribution in [0.4, 0.5) is 5.82 Å². The highest BCUT2D eigenvalue weighted by Crippen LogP contribution is 2.13. The first-order valence-electron chi connectivity index (χ1n) is 7.57. The zero-order valence-electron chi connectivity index (χ0n) is 14.0. The van der Waals surface area contributed by atoms with Crippen molar-refractivity contribution in [3.05, 3.63) is 33.9 Å². The van der Waals surface area contributed by atoms with E-state index in [1.54, 1.807) is 26.8 Å². The molecular weight excluding hydrogens is 312 g/mol. The maximum absolute atomic E-state index is 12.0. The van der Waals surface area contributed by atoms with E-state index in [0.717, 1.165) is 0 Å². The topological polar surface area (TPSA) is 122 Å². The third kappa shape index (κ3) is 4.06. The van der Waals surface area contributed by atoms with E-state index in [0.29, 0.717) is 17.8 Å². The van der Waals surface area contributed by atoms with E-state index in [9.17, 15) is 14.4 Å². The highest BCUT2D eigenvalue weighted by Gasteiger charge is 2.19. The van der Waals surface area contributed by atoms with Gasteiger partial charge in [0.05, 0.1) is 5.69 Å². The lowest BCUT2D eigenvalue weighted by molar-refractivity contribution is -0.136. The van der Waals surface area contributed by atoms with Crippen LogP contribution in [0, 0.1) is 13.8 Å². The third-order valence-electron chi connectivity index (χ3n) is 3.33. The van der Waals surface area contributed by atoms with Crippen molar-refractivity contribution in [2.24, 2.45) is 0 Å². The van der Waals surface area contributed by atoms with Gasteiger partial charge in [-0.3, -0.25) is 19.4 Å². The zero-order valence-corrected chi connectivity index (χ0v) is 14.0. The summed E-state index contributed by atoms with van der Waals surface area (Å²) in [6, 6.07) is 2.82. The fourth-order valence-corrected chi connectivity index (χ4v) is 1.98. The Morgan fingerprint density at radius 3 is 2.58 bits per heavy atom. The van der Waals surface area contributed by atoms with Crippen molar-refractivity contribution >= 4 is 17.6 Å². The molecule has 0 radical (unpaired) electrons. The number of carbonyl (C=O) groups is 2. The minimum atomic E-state index is -0.813. The molecule has 2 rings (SSSR count). The lowest BCUT2D eigenvalue weighted by Gasteiger charge is -2.11. The van der Waals surface area contributed by atoms with Crippen LogP contribution in [0.25, 0.3) is 5.95 Å². The van der Waals surface area contributed by atoms with Crippen molar-refractivity contribution in [3.63, 3.8) is 0 Å². The molecule has 9 nitrogen and oxygen atoms in total. The van der Waals surface area contributed by atoms with Crippen LogP contribution in [0.3, 0.4) is 0 Å². The predicted molar refractivity (Wildman–Crippen MR) is 88.0 cm³/mol. The molecule has 9 heteroatoms. The summed E-state index contributed by atoms with van der Waals surface area (Å²) in [6.45, 7) is 7.11. The van der Waals surface area contributed by atoms with Crippen LogP contribution in [0.1, 0.15) is 31.7 Å². The van der Waals surface area contributed by atoms with Gasteiger partial charge >= 0.3 is 11.8 Å². The van der Waals surface area contributed by atoms with Crippen LogP contribution in [0.15, 0.2) is 16.9 Å². The number of H-pyrrole nitrogens is 1. The lowest BCUT2D eigenvalue weighted by Crippen LogP contribution is -2.40. The number of nitrogens with zero attached hydrogens (tertiary/aromatic N) is 3. The Morgan fingerprint density at radius 1 is 1.25 bits per heavy atom. The standard InChI is InChI=1S/C15H20N6O3/c1-5-8(2)16-13(23)14(24)18-11-6-10(4)20-21(11)15-17-9(3)7-12(22)19-15/h6-8H,5H2,1-4H3,(H,16,23)(H,18,24)(H,17,19,22)/t8-/m1/s1. The molecule has 2 amide bonds. The van der Waals surface area contributed by atoms with E-state index < -0.39 is 11.8 Å². The fraction of sp³-hybridized carbons (Fsp3) is 0.400. The summed E-state index contributed by atoms with van der Waals surface area (Å²) in [7, 11) is 0. The van der Waals surface area contributed by atoms with Crippen LogP contribution in [0.2, 0.25) is 0 Å². The van der Waals surface area contributed by atoms with Crippen molar-refractivity contribution in [2.75, 3.05) is 5.32 Å². The first kappa shape index (κ1) is 17.4. The number of hydrogen-bond donors (Lipinski definition) is 3. The Morgan fingerprint density at radius 2 is 1.96 bits per heavy atom. The van der Waals surface area contributed by atoms with Crippen molar-refractivity contribution in [1.82, 2.24) is 25.1 Å². The van der Waals surface area contributed by atoms with Crippen molar-refractivity contribution in [3.8, 4) is 5.95 Å². The fourth-order valence-electron chi connectivity index (χ4n) is 1.98. The van der Waals surface area contributed by atoms with Gasteiger partial charge in [0, 0.05) is 23.9 Å². The van der Waals surface area contributed by atoms with Crippen LogP contribution in [0.5, 0.6) is 0 Å². The third-order valence-corrected chi connectivity index (χ3v) is 3.33.